The summed E-state index contributed by atoms with van der Waals surface area (Å²) in [6.07, 6.45) is 3.08. The first kappa shape index (κ1) is 14.4. The highest BCUT2D eigenvalue weighted by Crippen LogP contribution is 2.22. The second kappa shape index (κ2) is 5.34. The molecule has 0 unspecified atom stereocenters. The van der Waals surface area contributed by atoms with E-state index < -0.39 is 15.8 Å². The van der Waals surface area contributed by atoms with Crippen LogP contribution in [0, 0.1) is 12.7 Å². The number of anilines is 1. The molecule has 1 N–H and O–H groups in total. The minimum atomic E-state index is -3.87. The van der Waals surface area contributed by atoms with E-state index in [4.69, 9.17) is 0 Å². The fourth-order valence-corrected chi connectivity index (χ4v) is 3.41. The molecule has 0 amide bonds. The van der Waals surface area contributed by atoms with E-state index in [1.165, 1.54) is 18.3 Å². The molecule has 3 aromatic rings. The summed E-state index contributed by atoms with van der Waals surface area (Å²) < 4.78 is 40.5. The lowest BCUT2D eigenvalue weighted by atomic mass is 10.2. The second-order valence-electron chi connectivity index (χ2n) is 4.78. The summed E-state index contributed by atoms with van der Waals surface area (Å²) in [6, 6.07) is 8.48. The molecular weight excluding hydrogens is 305 g/mol. The Morgan fingerprint density at radius 2 is 1.73 bits per heavy atom. The molecule has 0 spiro atoms. The number of benzene rings is 2. The number of nitrogens with one attached hydrogen (secondary N) is 1. The van der Waals surface area contributed by atoms with Gasteiger partial charge in [0.25, 0.3) is 10.0 Å². The maximum Gasteiger partial charge on any atom is 0.262 e. The molecule has 0 atom stereocenters. The van der Waals surface area contributed by atoms with E-state index >= 15 is 0 Å². The highest BCUT2D eigenvalue weighted by Gasteiger charge is 2.18. The maximum absolute atomic E-state index is 13.3. The standard InChI is InChI=1S/C15H12FN3O2S/c1-10-2-3-11(16)8-15(10)22(20,21)19-12-4-5-13-14(9-12)18-7-6-17-13/h2-9,19H,1H3. The zero-order chi connectivity index (χ0) is 15.7. The Morgan fingerprint density at radius 1 is 1.00 bits per heavy atom. The summed E-state index contributed by atoms with van der Waals surface area (Å²) in [5, 5.41) is 0. The third-order valence-electron chi connectivity index (χ3n) is 3.16. The van der Waals surface area contributed by atoms with E-state index in [0.29, 0.717) is 22.3 Å². The highest BCUT2D eigenvalue weighted by atomic mass is 32.2. The van der Waals surface area contributed by atoms with Crippen molar-refractivity contribution in [1.82, 2.24) is 9.97 Å². The van der Waals surface area contributed by atoms with Gasteiger partial charge in [-0.25, -0.2) is 12.8 Å². The molecule has 7 heteroatoms. The van der Waals surface area contributed by atoms with Crippen molar-refractivity contribution in [3.05, 3.63) is 60.2 Å². The third-order valence-corrected chi connectivity index (χ3v) is 4.68. The van der Waals surface area contributed by atoms with Crippen LogP contribution in [-0.2, 0) is 10.0 Å². The van der Waals surface area contributed by atoms with Gasteiger partial charge in [0.05, 0.1) is 21.6 Å². The average molecular weight is 317 g/mol. The van der Waals surface area contributed by atoms with Crippen LogP contribution in [0.1, 0.15) is 5.56 Å². The van der Waals surface area contributed by atoms with E-state index in [0.717, 1.165) is 6.07 Å². The van der Waals surface area contributed by atoms with Crippen LogP contribution in [0.25, 0.3) is 11.0 Å². The number of hydrogen-bond donors (Lipinski definition) is 1. The molecule has 2 aromatic carbocycles. The Labute approximate surface area is 126 Å². The molecule has 0 aliphatic carbocycles. The first-order valence-corrected chi connectivity index (χ1v) is 7.94. The average Bonchev–Trinajstić information content (AvgIpc) is 2.49. The number of aromatic nitrogens is 2. The molecule has 0 saturated carbocycles. The molecule has 0 fully saturated rings. The quantitative estimate of drug-likeness (QED) is 0.806. The minimum absolute atomic E-state index is 0.0910. The minimum Gasteiger partial charge on any atom is -0.280 e. The monoisotopic (exact) mass is 317 g/mol. The zero-order valence-corrected chi connectivity index (χ0v) is 12.4. The molecule has 1 heterocycles. The molecule has 3 rings (SSSR count). The second-order valence-corrected chi connectivity index (χ2v) is 6.43. The van der Waals surface area contributed by atoms with Crippen molar-refractivity contribution in [3.63, 3.8) is 0 Å². The highest BCUT2D eigenvalue weighted by molar-refractivity contribution is 7.92. The van der Waals surface area contributed by atoms with E-state index in [1.54, 1.807) is 31.3 Å². The van der Waals surface area contributed by atoms with Gasteiger partial charge in [0.2, 0.25) is 0 Å². The predicted molar refractivity (Wildman–Crippen MR) is 81.5 cm³/mol. The van der Waals surface area contributed by atoms with E-state index in [9.17, 15) is 12.8 Å². The predicted octanol–water partition coefficient (Wildman–Crippen LogP) is 2.88. The van der Waals surface area contributed by atoms with Gasteiger partial charge in [-0.1, -0.05) is 6.07 Å². The lowest BCUT2D eigenvalue weighted by Gasteiger charge is -2.10. The van der Waals surface area contributed by atoms with Crippen molar-refractivity contribution in [2.24, 2.45) is 0 Å². The van der Waals surface area contributed by atoms with Gasteiger partial charge in [0.1, 0.15) is 5.82 Å². The Morgan fingerprint density at radius 3 is 2.50 bits per heavy atom. The summed E-state index contributed by atoms with van der Waals surface area (Å²) in [4.78, 5) is 8.14. The summed E-state index contributed by atoms with van der Waals surface area (Å²) in [5.41, 5.74) is 2.04. The number of rotatable bonds is 3. The van der Waals surface area contributed by atoms with E-state index in [-0.39, 0.29) is 4.90 Å². The summed E-state index contributed by atoms with van der Waals surface area (Å²) in [5.74, 6) is -0.602. The largest absolute Gasteiger partial charge is 0.280 e. The number of nitrogens with zero attached hydrogens (tertiary/aromatic N) is 2. The number of aryl methyl sites for hydroxylation is 1. The molecule has 22 heavy (non-hydrogen) atoms. The van der Waals surface area contributed by atoms with Gasteiger partial charge in [0, 0.05) is 12.4 Å². The SMILES string of the molecule is Cc1ccc(F)cc1S(=O)(=O)Nc1ccc2nccnc2c1. The maximum atomic E-state index is 13.3. The van der Waals surface area contributed by atoms with Gasteiger partial charge in [0.15, 0.2) is 0 Å². The fraction of sp³-hybridized carbons (Fsp3) is 0.0667. The Kier molecular flexibility index (Phi) is 3.50. The van der Waals surface area contributed by atoms with Crippen LogP contribution in [0.4, 0.5) is 10.1 Å². The van der Waals surface area contributed by atoms with Crippen molar-refractivity contribution < 1.29 is 12.8 Å². The Hall–Kier alpha value is -2.54. The van der Waals surface area contributed by atoms with Crippen molar-refractivity contribution in [1.29, 1.82) is 0 Å². The number of hydrogen-bond acceptors (Lipinski definition) is 4. The smallest absolute Gasteiger partial charge is 0.262 e. The fourth-order valence-electron chi connectivity index (χ4n) is 2.10. The van der Waals surface area contributed by atoms with Crippen LogP contribution in [0.2, 0.25) is 0 Å². The molecule has 0 aliphatic heterocycles. The molecule has 0 aliphatic rings. The van der Waals surface area contributed by atoms with E-state index in [2.05, 4.69) is 14.7 Å². The van der Waals surface area contributed by atoms with Gasteiger partial charge in [-0.3, -0.25) is 14.7 Å². The zero-order valence-electron chi connectivity index (χ0n) is 11.6. The molecule has 112 valence electrons. The number of sulfonamides is 1. The molecule has 1 aromatic heterocycles. The van der Waals surface area contributed by atoms with Crippen molar-refractivity contribution in [2.45, 2.75) is 11.8 Å². The van der Waals surface area contributed by atoms with Gasteiger partial charge < -0.3 is 0 Å². The molecular formula is C15H12FN3O2S. The molecule has 5 nitrogen and oxygen atoms in total. The summed E-state index contributed by atoms with van der Waals surface area (Å²) >= 11 is 0. The van der Waals surface area contributed by atoms with Gasteiger partial charge in [-0.15, -0.1) is 0 Å². The summed E-state index contributed by atoms with van der Waals surface area (Å²) in [7, 11) is -3.87. The molecule has 0 saturated heterocycles. The van der Waals surface area contributed by atoms with Crippen molar-refractivity contribution >= 4 is 26.7 Å². The molecule has 0 radical (unpaired) electrons. The summed E-state index contributed by atoms with van der Waals surface area (Å²) in [6.45, 7) is 1.61. The topological polar surface area (TPSA) is 72.0 Å². The van der Waals surface area contributed by atoms with Gasteiger partial charge >= 0.3 is 0 Å². The molecule has 0 bridgehead atoms. The van der Waals surface area contributed by atoms with Crippen LogP contribution >= 0.6 is 0 Å². The number of halogens is 1. The van der Waals surface area contributed by atoms with Crippen molar-refractivity contribution in [2.75, 3.05) is 4.72 Å². The third kappa shape index (κ3) is 2.75. The Balaban J connectivity index is 2.01. The van der Waals surface area contributed by atoms with Crippen LogP contribution < -0.4 is 4.72 Å². The lowest BCUT2D eigenvalue weighted by molar-refractivity contribution is 0.594. The van der Waals surface area contributed by atoms with Gasteiger partial charge in [-0.2, -0.15) is 0 Å². The van der Waals surface area contributed by atoms with Crippen molar-refractivity contribution in [3.8, 4) is 0 Å². The van der Waals surface area contributed by atoms with Crippen LogP contribution in [0.15, 0.2) is 53.7 Å². The number of fused-ring (bicyclic) bond motifs is 1. The normalized spacial score (nSPS) is 11.5. The van der Waals surface area contributed by atoms with Crippen LogP contribution in [0.3, 0.4) is 0 Å². The van der Waals surface area contributed by atoms with E-state index in [1.807, 2.05) is 0 Å². The Bertz CT molecular complexity index is 958. The first-order chi connectivity index (χ1) is 10.5. The van der Waals surface area contributed by atoms with Crippen LogP contribution in [-0.4, -0.2) is 18.4 Å². The van der Waals surface area contributed by atoms with Gasteiger partial charge in [-0.05, 0) is 42.8 Å². The first-order valence-electron chi connectivity index (χ1n) is 6.45. The van der Waals surface area contributed by atoms with Crippen LogP contribution in [0.5, 0.6) is 0 Å². The lowest BCUT2D eigenvalue weighted by Crippen LogP contribution is -2.14.